The van der Waals surface area contributed by atoms with Crippen LogP contribution in [0.15, 0.2) is 79.1 Å². The van der Waals surface area contributed by atoms with Gasteiger partial charge in [-0.15, -0.1) is 0 Å². The van der Waals surface area contributed by atoms with Gasteiger partial charge in [-0.05, 0) is 36.4 Å². The Morgan fingerprint density at radius 2 is 1.81 bits per heavy atom. The van der Waals surface area contributed by atoms with Crippen LogP contribution in [0, 0.1) is 0 Å². The SMILES string of the molecule is Cn1ncc2ccc(Nc3nc(-c4ccccc4)cc4ncccc34)cc21. The molecule has 1 N–H and O–H groups in total. The zero-order valence-electron chi connectivity index (χ0n) is 14.8. The largest absolute Gasteiger partial charge is 0.340 e. The number of benzene rings is 2. The summed E-state index contributed by atoms with van der Waals surface area (Å²) in [4.78, 5) is 9.41. The van der Waals surface area contributed by atoms with Gasteiger partial charge in [0, 0.05) is 35.3 Å². The molecule has 5 nitrogen and oxygen atoms in total. The summed E-state index contributed by atoms with van der Waals surface area (Å²) in [6.45, 7) is 0. The van der Waals surface area contributed by atoms with Crippen LogP contribution in [-0.4, -0.2) is 19.7 Å². The number of aromatic nitrogens is 4. The molecule has 0 fully saturated rings. The number of hydrogen-bond donors (Lipinski definition) is 1. The summed E-state index contributed by atoms with van der Waals surface area (Å²) in [6.07, 6.45) is 3.68. The van der Waals surface area contributed by atoms with Crippen molar-refractivity contribution in [1.82, 2.24) is 19.7 Å². The smallest absolute Gasteiger partial charge is 0.140 e. The fraction of sp³-hybridized carbons (Fsp3) is 0.0455. The quantitative estimate of drug-likeness (QED) is 0.501. The molecule has 2 aromatic carbocycles. The van der Waals surface area contributed by atoms with Crippen molar-refractivity contribution in [3.8, 4) is 11.3 Å². The molecule has 0 aliphatic rings. The molecule has 5 rings (SSSR count). The average molecular weight is 351 g/mol. The van der Waals surface area contributed by atoms with E-state index >= 15 is 0 Å². The number of rotatable bonds is 3. The number of nitrogens with one attached hydrogen (secondary N) is 1. The van der Waals surface area contributed by atoms with E-state index in [0.717, 1.165) is 44.6 Å². The number of aryl methyl sites for hydroxylation is 1. The normalized spacial score (nSPS) is 11.1. The first-order valence-electron chi connectivity index (χ1n) is 8.78. The van der Waals surface area contributed by atoms with Crippen molar-refractivity contribution in [2.75, 3.05) is 5.32 Å². The maximum absolute atomic E-state index is 4.88. The van der Waals surface area contributed by atoms with Crippen LogP contribution in [0.2, 0.25) is 0 Å². The van der Waals surface area contributed by atoms with Gasteiger partial charge in [0.25, 0.3) is 0 Å². The van der Waals surface area contributed by atoms with Gasteiger partial charge in [0.05, 0.1) is 22.9 Å². The second kappa shape index (κ2) is 6.21. The van der Waals surface area contributed by atoms with E-state index in [1.54, 1.807) is 0 Å². The molecule has 5 aromatic rings. The van der Waals surface area contributed by atoms with Crippen LogP contribution >= 0.6 is 0 Å². The van der Waals surface area contributed by atoms with Gasteiger partial charge < -0.3 is 5.32 Å². The topological polar surface area (TPSA) is 55.6 Å². The van der Waals surface area contributed by atoms with E-state index in [9.17, 15) is 0 Å². The summed E-state index contributed by atoms with van der Waals surface area (Å²) >= 11 is 0. The Morgan fingerprint density at radius 3 is 2.70 bits per heavy atom. The Labute approximate surface area is 156 Å². The van der Waals surface area contributed by atoms with Crippen LogP contribution in [0.4, 0.5) is 11.5 Å². The summed E-state index contributed by atoms with van der Waals surface area (Å²) in [5.74, 6) is 0.793. The summed E-state index contributed by atoms with van der Waals surface area (Å²) in [7, 11) is 1.94. The molecule has 130 valence electrons. The molecule has 0 amide bonds. The van der Waals surface area contributed by atoms with E-state index in [4.69, 9.17) is 4.98 Å². The first-order chi connectivity index (χ1) is 13.3. The second-order valence-corrected chi connectivity index (χ2v) is 6.46. The van der Waals surface area contributed by atoms with Crippen molar-refractivity contribution < 1.29 is 0 Å². The van der Waals surface area contributed by atoms with Gasteiger partial charge >= 0.3 is 0 Å². The van der Waals surface area contributed by atoms with Gasteiger partial charge in [-0.25, -0.2) is 4.98 Å². The van der Waals surface area contributed by atoms with E-state index in [2.05, 4.69) is 39.7 Å². The van der Waals surface area contributed by atoms with Crippen LogP contribution < -0.4 is 5.32 Å². The van der Waals surface area contributed by atoms with Gasteiger partial charge in [-0.3, -0.25) is 9.67 Å². The van der Waals surface area contributed by atoms with Gasteiger partial charge in [0.15, 0.2) is 0 Å². The monoisotopic (exact) mass is 351 g/mol. The average Bonchev–Trinajstić information content (AvgIpc) is 3.09. The van der Waals surface area contributed by atoms with E-state index in [1.807, 2.05) is 66.6 Å². The molecule has 0 bridgehead atoms. The molecule has 0 aliphatic heterocycles. The Kier molecular flexibility index (Phi) is 3.57. The van der Waals surface area contributed by atoms with Crippen LogP contribution in [0.5, 0.6) is 0 Å². The lowest BCUT2D eigenvalue weighted by Crippen LogP contribution is -1.98. The Bertz CT molecular complexity index is 1260. The molecule has 0 radical (unpaired) electrons. The van der Waals surface area contributed by atoms with Gasteiger partial charge in [0.2, 0.25) is 0 Å². The molecule has 0 atom stereocenters. The molecule has 3 aromatic heterocycles. The van der Waals surface area contributed by atoms with Crippen molar-refractivity contribution in [3.05, 3.63) is 79.1 Å². The zero-order valence-corrected chi connectivity index (χ0v) is 14.8. The molecule has 5 heteroatoms. The molecule has 0 saturated carbocycles. The molecule has 3 heterocycles. The lowest BCUT2D eigenvalue weighted by molar-refractivity contribution is 0.797. The van der Waals surface area contributed by atoms with Crippen molar-refractivity contribution >= 4 is 33.3 Å². The maximum atomic E-state index is 4.88. The summed E-state index contributed by atoms with van der Waals surface area (Å²) in [5.41, 5.74) is 4.91. The Hall–Kier alpha value is -3.73. The first kappa shape index (κ1) is 15.5. The zero-order chi connectivity index (χ0) is 18.2. The lowest BCUT2D eigenvalue weighted by atomic mass is 10.1. The standard InChI is InChI=1S/C22H17N5/c1-27-21-12-17(10-9-16(21)14-24-27)25-22-18-8-5-11-23-20(18)13-19(26-22)15-6-3-2-4-7-15/h2-14H,1H3,(H,25,26). The predicted octanol–water partition coefficient (Wildman–Crippen LogP) is 4.93. The number of pyridine rings is 2. The van der Waals surface area contributed by atoms with Crippen molar-refractivity contribution in [2.45, 2.75) is 0 Å². The van der Waals surface area contributed by atoms with Crippen LogP contribution in [0.3, 0.4) is 0 Å². The van der Waals surface area contributed by atoms with E-state index < -0.39 is 0 Å². The fourth-order valence-electron chi connectivity index (χ4n) is 3.29. The molecule has 27 heavy (non-hydrogen) atoms. The minimum atomic E-state index is 0.793. The van der Waals surface area contributed by atoms with Gasteiger partial charge in [-0.2, -0.15) is 5.10 Å². The fourth-order valence-corrected chi connectivity index (χ4v) is 3.29. The van der Waals surface area contributed by atoms with E-state index in [1.165, 1.54) is 0 Å². The van der Waals surface area contributed by atoms with Crippen LogP contribution in [0.25, 0.3) is 33.1 Å². The number of hydrogen-bond acceptors (Lipinski definition) is 4. The van der Waals surface area contributed by atoms with Crippen LogP contribution in [-0.2, 0) is 7.05 Å². The molecular formula is C22H17N5. The summed E-state index contributed by atoms with van der Waals surface area (Å²) in [5, 5.41) is 9.88. The first-order valence-corrected chi connectivity index (χ1v) is 8.78. The molecule has 0 saturated heterocycles. The highest BCUT2D eigenvalue weighted by atomic mass is 15.2. The van der Waals surface area contributed by atoms with E-state index in [0.29, 0.717) is 0 Å². The van der Waals surface area contributed by atoms with Crippen LogP contribution in [0.1, 0.15) is 0 Å². The molecule has 0 unspecified atom stereocenters. The number of anilines is 2. The Balaban J connectivity index is 1.65. The minimum Gasteiger partial charge on any atom is -0.340 e. The third-order valence-electron chi connectivity index (χ3n) is 4.68. The highest BCUT2D eigenvalue weighted by Crippen LogP contribution is 2.29. The van der Waals surface area contributed by atoms with E-state index in [-0.39, 0.29) is 0 Å². The van der Waals surface area contributed by atoms with Gasteiger partial charge in [0.1, 0.15) is 5.82 Å². The summed E-state index contributed by atoms with van der Waals surface area (Å²) < 4.78 is 1.87. The second-order valence-electron chi connectivity index (χ2n) is 6.46. The minimum absolute atomic E-state index is 0.793. The van der Waals surface area contributed by atoms with Gasteiger partial charge in [-0.1, -0.05) is 30.3 Å². The maximum Gasteiger partial charge on any atom is 0.140 e. The predicted molar refractivity (Wildman–Crippen MR) is 109 cm³/mol. The van der Waals surface area contributed by atoms with Crippen molar-refractivity contribution in [2.24, 2.45) is 7.05 Å². The third-order valence-corrected chi connectivity index (χ3v) is 4.68. The highest BCUT2D eigenvalue weighted by molar-refractivity contribution is 5.94. The number of nitrogens with zero attached hydrogens (tertiary/aromatic N) is 4. The van der Waals surface area contributed by atoms with Crippen molar-refractivity contribution in [1.29, 1.82) is 0 Å². The molecular weight excluding hydrogens is 334 g/mol. The molecule has 0 aliphatic carbocycles. The Morgan fingerprint density at radius 1 is 0.926 bits per heavy atom. The third kappa shape index (κ3) is 2.79. The number of fused-ring (bicyclic) bond motifs is 2. The summed E-state index contributed by atoms with van der Waals surface area (Å²) in [6, 6.07) is 22.3. The molecule has 0 spiro atoms. The lowest BCUT2D eigenvalue weighted by Gasteiger charge is -2.12. The van der Waals surface area contributed by atoms with Crippen molar-refractivity contribution in [3.63, 3.8) is 0 Å². The highest BCUT2D eigenvalue weighted by Gasteiger charge is 2.10.